The lowest BCUT2D eigenvalue weighted by molar-refractivity contribution is 0.0741. The second-order valence-electron chi connectivity index (χ2n) is 5.14. The van der Waals surface area contributed by atoms with Gasteiger partial charge in [-0.2, -0.15) is 0 Å². The van der Waals surface area contributed by atoms with E-state index in [1.807, 2.05) is 0 Å². The molecule has 6 heteroatoms. The largest absolute Gasteiger partial charge is 0.351 e. The summed E-state index contributed by atoms with van der Waals surface area (Å²) < 4.78 is 5.11. The standard InChI is InChI=1S/C14H18N4O2/c1-10(2)6-11-7-13(20-17-11)14(19)18(3)9-12-8-15-4-5-16-12/h4-5,7-8,10H,6,9H2,1-3H3. The van der Waals surface area contributed by atoms with E-state index >= 15 is 0 Å². The quantitative estimate of drug-likeness (QED) is 0.833. The smallest absolute Gasteiger partial charge is 0.292 e. The maximum Gasteiger partial charge on any atom is 0.292 e. The highest BCUT2D eigenvalue weighted by molar-refractivity contribution is 5.91. The summed E-state index contributed by atoms with van der Waals surface area (Å²) in [7, 11) is 1.70. The Balaban J connectivity index is 2.01. The van der Waals surface area contributed by atoms with Gasteiger partial charge in [0.05, 0.1) is 24.1 Å². The van der Waals surface area contributed by atoms with Crippen LogP contribution >= 0.6 is 0 Å². The molecule has 0 aromatic carbocycles. The minimum atomic E-state index is -0.210. The van der Waals surface area contributed by atoms with Crippen LogP contribution in [0.4, 0.5) is 0 Å². The molecule has 0 unspecified atom stereocenters. The van der Waals surface area contributed by atoms with E-state index in [4.69, 9.17) is 4.52 Å². The molecule has 106 valence electrons. The molecule has 20 heavy (non-hydrogen) atoms. The van der Waals surface area contributed by atoms with Crippen molar-refractivity contribution in [3.63, 3.8) is 0 Å². The lowest BCUT2D eigenvalue weighted by Gasteiger charge is -2.14. The summed E-state index contributed by atoms with van der Waals surface area (Å²) in [6, 6.07) is 1.70. The van der Waals surface area contributed by atoms with Gasteiger partial charge in [-0.1, -0.05) is 19.0 Å². The molecule has 0 radical (unpaired) electrons. The molecule has 2 aromatic rings. The van der Waals surface area contributed by atoms with Crippen LogP contribution in [0.15, 0.2) is 29.2 Å². The van der Waals surface area contributed by atoms with Gasteiger partial charge < -0.3 is 9.42 Å². The van der Waals surface area contributed by atoms with Crippen molar-refractivity contribution < 1.29 is 9.32 Å². The minimum absolute atomic E-state index is 0.210. The molecule has 2 rings (SSSR count). The van der Waals surface area contributed by atoms with Gasteiger partial charge in [-0.3, -0.25) is 14.8 Å². The zero-order valence-corrected chi connectivity index (χ0v) is 11.9. The first-order valence-corrected chi connectivity index (χ1v) is 6.52. The third-order valence-corrected chi connectivity index (χ3v) is 2.75. The Kier molecular flexibility index (Phi) is 4.45. The van der Waals surface area contributed by atoms with Crippen LogP contribution in [-0.2, 0) is 13.0 Å². The van der Waals surface area contributed by atoms with Crippen LogP contribution in [0, 0.1) is 5.92 Å². The summed E-state index contributed by atoms with van der Waals surface area (Å²) >= 11 is 0. The molecule has 0 spiro atoms. The van der Waals surface area contributed by atoms with Crippen LogP contribution in [-0.4, -0.2) is 33.0 Å². The van der Waals surface area contributed by atoms with Gasteiger partial charge in [-0.15, -0.1) is 0 Å². The monoisotopic (exact) mass is 274 g/mol. The molecule has 0 fully saturated rings. The molecule has 6 nitrogen and oxygen atoms in total. The molecular weight excluding hydrogens is 256 g/mol. The van der Waals surface area contributed by atoms with Crippen LogP contribution in [0.1, 0.15) is 35.8 Å². The maximum absolute atomic E-state index is 12.2. The summed E-state index contributed by atoms with van der Waals surface area (Å²) in [4.78, 5) is 21.8. The van der Waals surface area contributed by atoms with E-state index in [0.29, 0.717) is 12.5 Å². The Bertz CT molecular complexity index is 566. The van der Waals surface area contributed by atoms with Gasteiger partial charge >= 0.3 is 0 Å². The molecule has 0 saturated carbocycles. The van der Waals surface area contributed by atoms with Crippen molar-refractivity contribution in [1.29, 1.82) is 0 Å². The summed E-state index contributed by atoms with van der Waals surface area (Å²) in [6.07, 6.45) is 5.63. The lowest BCUT2D eigenvalue weighted by atomic mass is 10.1. The average molecular weight is 274 g/mol. The molecule has 0 aliphatic rings. The van der Waals surface area contributed by atoms with E-state index in [2.05, 4.69) is 29.0 Å². The van der Waals surface area contributed by atoms with Crippen LogP contribution < -0.4 is 0 Å². The lowest BCUT2D eigenvalue weighted by Crippen LogP contribution is -2.26. The van der Waals surface area contributed by atoms with Crippen molar-refractivity contribution in [3.05, 3.63) is 41.8 Å². The van der Waals surface area contributed by atoms with Gasteiger partial charge in [0.25, 0.3) is 5.91 Å². The van der Waals surface area contributed by atoms with E-state index in [1.165, 1.54) is 4.90 Å². The number of hydrogen-bond donors (Lipinski definition) is 0. The van der Waals surface area contributed by atoms with Crippen molar-refractivity contribution in [3.8, 4) is 0 Å². The zero-order valence-electron chi connectivity index (χ0n) is 11.9. The minimum Gasteiger partial charge on any atom is -0.351 e. The maximum atomic E-state index is 12.2. The fourth-order valence-electron chi connectivity index (χ4n) is 1.84. The first-order chi connectivity index (χ1) is 9.56. The van der Waals surface area contributed by atoms with E-state index in [1.54, 1.807) is 31.7 Å². The molecule has 0 saturated heterocycles. The molecule has 0 N–H and O–H groups in total. The summed E-state index contributed by atoms with van der Waals surface area (Å²) in [5.41, 5.74) is 1.53. The summed E-state index contributed by atoms with van der Waals surface area (Å²) in [5.74, 6) is 0.519. The highest BCUT2D eigenvalue weighted by atomic mass is 16.5. The number of hydrogen-bond acceptors (Lipinski definition) is 5. The van der Waals surface area contributed by atoms with E-state index in [-0.39, 0.29) is 11.7 Å². The normalized spacial score (nSPS) is 10.8. The first kappa shape index (κ1) is 14.2. The van der Waals surface area contributed by atoms with E-state index in [0.717, 1.165) is 17.8 Å². The van der Waals surface area contributed by atoms with Crippen molar-refractivity contribution >= 4 is 5.91 Å². The first-order valence-electron chi connectivity index (χ1n) is 6.52. The highest BCUT2D eigenvalue weighted by Crippen LogP contribution is 2.11. The molecule has 0 atom stereocenters. The van der Waals surface area contributed by atoms with Crippen molar-refractivity contribution in [1.82, 2.24) is 20.0 Å². The van der Waals surface area contributed by atoms with Gasteiger partial charge in [0.1, 0.15) is 0 Å². The number of carbonyl (C=O) groups is 1. The fraction of sp³-hybridized carbons (Fsp3) is 0.429. The Morgan fingerprint density at radius 1 is 1.35 bits per heavy atom. The second-order valence-corrected chi connectivity index (χ2v) is 5.14. The highest BCUT2D eigenvalue weighted by Gasteiger charge is 2.18. The number of amides is 1. The Labute approximate surface area is 117 Å². The van der Waals surface area contributed by atoms with Crippen LogP contribution in [0.25, 0.3) is 0 Å². The van der Waals surface area contributed by atoms with E-state index < -0.39 is 0 Å². The van der Waals surface area contributed by atoms with Gasteiger partial charge in [-0.25, -0.2) is 0 Å². The third kappa shape index (κ3) is 3.63. The predicted molar refractivity (Wildman–Crippen MR) is 72.9 cm³/mol. The van der Waals surface area contributed by atoms with E-state index in [9.17, 15) is 4.79 Å². The van der Waals surface area contributed by atoms with Crippen molar-refractivity contribution in [2.45, 2.75) is 26.8 Å². The molecule has 0 aliphatic carbocycles. The molecule has 2 aromatic heterocycles. The van der Waals surface area contributed by atoms with Crippen LogP contribution in [0.3, 0.4) is 0 Å². The SMILES string of the molecule is CC(C)Cc1cc(C(=O)N(C)Cc2cnccn2)on1. The Morgan fingerprint density at radius 2 is 2.15 bits per heavy atom. The molecular formula is C14H18N4O2. The van der Waals surface area contributed by atoms with Gasteiger partial charge in [-0.05, 0) is 12.3 Å². The second kappa shape index (κ2) is 6.27. The summed E-state index contributed by atoms with van der Waals surface area (Å²) in [6.45, 7) is 4.57. The molecule has 1 amide bonds. The van der Waals surface area contributed by atoms with Gasteiger partial charge in [0.15, 0.2) is 0 Å². The predicted octanol–water partition coefficient (Wildman–Crippen LogP) is 1.94. The third-order valence-electron chi connectivity index (χ3n) is 2.75. The Morgan fingerprint density at radius 3 is 2.80 bits per heavy atom. The van der Waals surface area contributed by atoms with Gasteiger partial charge in [0, 0.05) is 25.5 Å². The molecule has 0 bridgehead atoms. The number of rotatable bonds is 5. The average Bonchev–Trinajstić information content (AvgIpc) is 2.86. The summed E-state index contributed by atoms with van der Waals surface area (Å²) in [5, 5.41) is 3.92. The van der Waals surface area contributed by atoms with Gasteiger partial charge in [0.2, 0.25) is 5.76 Å². The van der Waals surface area contributed by atoms with Crippen LogP contribution in [0.5, 0.6) is 0 Å². The molecule has 0 aliphatic heterocycles. The molecule has 2 heterocycles. The topological polar surface area (TPSA) is 72.1 Å². The number of nitrogens with zero attached hydrogens (tertiary/aromatic N) is 4. The number of carbonyl (C=O) groups excluding carboxylic acids is 1. The van der Waals surface area contributed by atoms with Crippen LogP contribution in [0.2, 0.25) is 0 Å². The zero-order chi connectivity index (χ0) is 14.5. The Hall–Kier alpha value is -2.24. The number of aromatic nitrogens is 3. The van der Waals surface area contributed by atoms with Crippen molar-refractivity contribution in [2.24, 2.45) is 5.92 Å². The van der Waals surface area contributed by atoms with Crippen molar-refractivity contribution in [2.75, 3.05) is 7.05 Å². The fourth-order valence-corrected chi connectivity index (χ4v) is 1.84.